The Bertz CT molecular complexity index is 774. The molecular formula is C16H16F3N3O4. The van der Waals surface area contributed by atoms with E-state index in [2.05, 4.69) is 20.3 Å². The molecule has 0 aliphatic heterocycles. The predicted octanol–water partition coefficient (Wildman–Crippen LogP) is 1.90. The van der Waals surface area contributed by atoms with Crippen LogP contribution in [0.2, 0.25) is 0 Å². The van der Waals surface area contributed by atoms with E-state index in [9.17, 15) is 22.8 Å². The zero-order valence-electron chi connectivity index (χ0n) is 13.8. The number of hydrogen-bond acceptors (Lipinski definition) is 6. The van der Waals surface area contributed by atoms with Crippen LogP contribution in [0.3, 0.4) is 0 Å². The van der Waals surface area contributed by atoms with Gasteiger partial charge in [0.15, 0.2) is 0 Å². The van der Waals surface area contributed by atoms with Crippen LogP contribution in [0.4, 0.5) is 13.2 Å². The molecule has 1 aromatic heterocycles. The van der Waals surface area contributed by atoms with Gasteiger partial charge in [-0.15, -0.1) is 10.2 Å². The summed E-state index contributed by atoms with van der Waals surface area (Å²) < 4.78 is 47.8. The molecule has 0 bridgehead atoms. The molecule has 1 amide bonds. The number of halogens is 3. The molecule has 140 valence electrons. The summed E-state index contributed by atoms with van der Waals surface area (Å²) in [5.74, 6) is -0.637. The maximum Gasteiger partial charge on any atom is 0.416 e. The Labute approximate surface area is 146 Å². The third-order valence-corrected chi connectivity index (χ3v) is 3.34. The highest BCUT2D eigenvalue weighted by atomic mass is 19.4. The van der Waals surface area contributed by atoms with Crippen molar-refractivity contribution in [2.24, 2.45) is 0 Å². The van der Waals surface area contributed by atoms with Crippen LogP contribution in [0, 0.1) is 0 Å². The minimum Gasteiger partial charge on any atom is -0.468 e. The summed E-state index contributed by atoms with van der Waals surface area (Å²) in [5, 5.41) is 9.88. The van der Waals surface area contributed by atoms with Gasteiger partial charge < -0.3 is 14.5 Å². The molecule has 0 atom stereocenters. The maximum absolute atomic E-state index is 12.7. The molecule has 2 aromatic rings. The number of aromatic nitrogens is 2. The van der Waals surface area contributed by atoms with E-state index in [1.54, 1.807) is 0 Å². The van der Waals surface area contributed by atoms with Gasteiger partial charge in [-0.3, -0.25) is 9.59 Å². The molecule has 7 nitrogen and oxygen atoms in total. The molecule has 1 aromatic carbocycles. The number of methoxy groups -OCH3 is 1. The van der Waals surface area contributed by atoms with E-state index in [4.69, 9.17) is 4.42 Å². The smallest absolute Gasteiger partial charge is 0.416 e. The van der Waals surface area contributed by atoms with Crippen LogP contribution in [-0.2, 0) is 33.3 Å². The van der Waals surface area contributed by atoms with Crippen molar-refractivity contribution in [2.75, 3.05) is 13.7 Å². The maximum atomic E-state index is 12.7. The molecule has 2 rings (SSSR count). The number of nitrogens with one attached hydrogen (secondary N) is 1. The summed E-state index contributed by atoms with van der Waals surface area (Å²) >= 11 is 0. The molecule has 0 saturated heterocycles. The molecule has 0 radical (unpaired) electrons. The van der Waals surface area contributed by atoms with Crippen LogP contribution >= 0.6 is 0 Å². The number of alkyl halides is 3. The Morgan fingerprint density at radius 1 is 1.23 bits per heavy atom. The Morgan fingerprint density at radius 2 is 1.96 bits per heavy atom. The number of hydrogen-bond donors (Lipinski definition) is 1. The van der Waals surface area contributed by atoms with E-state index in [-0.39, 0.29) is 37.6 Å². The number of amides is 1. The third-order valence-electron chi connectivity index (χ3n) is 3.34. The molecule has 0 fully saturated rings. The number of esters is 1. The van der Waals surface area contributed by atoms with Crippen molar-refractivity contribution >= 4 is 11.9 Å². The fourth-order valence-corrected chi connectivity index (χ4v) is 2.04. The molecule has 0 spiro atoms. The van der Waals surface area contributed by atoms with E-state index in [0.29, 0.717) is 5.56 Å². The first kappa shape index (κ1) is 19.4. The lowest BCUT2D eigenvalue weighted by Gasteiger charge is -2.07. The number of ether oxygens (including phenoxy) is 1. The lowest BCUT2D eigenvalue weighted by Crippen LogP contribution is -2.30. The van der Waals surface area contributed by atoms with Gasteiger partial charge >= 0.3 is 12.1 Å². The standard InChI is InChI=1S/C16H16F3N3O4/c1-25-15(24)9-20-12(23)5-6-13-21-22-14(26-13)8-10-3-2-4-11(7-10)16(17,18)19/h2-4,7H,5-6,8-9H2,1H3,(H,20,23). The molecule has 0 saturated carbocycles. The Kier molecular flexibility index (Phi) is 6.31. The molecule has 26 heavy (non-hydrogen) atoms. The second-order valence-corrected chi connectivity index (χ2v) is 5.32. The molecule has 0 aliphatic carbocycles. The summed E-state index contributed by atoms with van der Waals surface area (Å²) in [6, 6.07) is 4.83. The second kappa shape index (κ2) is 8.45. The zero-order valence-corrected chi connectivity index (χ0v) is 13.8. The van der Waals surface area contributed by atoms with E-state index in [1.165, 1.54) is 19.2 Å². The van der Waals surface area contributed by atoms with Gasteiger partial charge in [0, 0.05) is 12.8 Å². The number of benzene rings is 1. The summed E-state index contributed by atoms with van der Waals surface area (Å²) in [7, 11) is 1.21. The summed E-state index contributed by atoms with van der Waals surface area (Å²) in [4.78, 5) is 22.5. The van der Waals surface area contributed by atoms with E-state index < -0.39 is 23.6 Å². The lowest BCUT2D eigenvalue weighted by atomic mass is 10.1. The van der Waals surface area contributed by atoms with Gasteiger partial charge in [-0.25, -0.2) is 0 Å². The molecule has 10 heteroatoms. The first-order chi connectivity index (χ1) is 12.3. The first-order valence-corrected chi connectivity index (χ1v) is 7.59. The van der Waals surface area contributed by atoms with E-state index in [1.807, 2.05) is 0 Å². The molecule has 1 heterocycles. The molecule has 0 aliphatic rings. The molecular weight excluding hydrogens is 355 g/mol. The number of carbonyl (C=O) groups excluding carboxylic acids is 2. The van der Waals surface area contributed by atoms with Crippen LogP contribution in [0.5, 0.6) is 0 Å². The number of rotatable bonds is 7. The monoisotopic (exact) mass is 371 g/mol. The van der Waals surface area contributed by atoms with Crippen molar-refractivity contribution in [2.45, 2.75) is 25.4 Å². The summed E-state index contributed by atoms with van der Waals surface area (Å²) in [6.45, 7) is -0.236. The molecule has 0 unspecified atom stereocenters. The average molecular weight is 371 g/mol. The van der Waals surface area contributed by atoms with Crippen LogP contribution in [0.15, 0.2) is 28.7 Å². The van der Waals surface area contributed by atoms with Crippen LogP contribution in [0.25, 0.3) is 0 Å². The van der Waals surface area contributed by atoms with Crippen molar-refractivity contribution in [3.8, 4) is 0 Å². The minimum absolute atomic E-state index is 0.0161. The normalized spacial score (nSPS) is 11.2. The SMILES string of the molecule is COC(=O)CNC(=O)CCc1nnc(Cc2cccc(C(F)(F)F)c2)o1. The van der Waals surface area contributed by atoms with Crippen LogP contribution < -0.4 is 5.32 Å². The second-order valence-electron chi connectivity index (χ2n) is 5.32. The van der Waals surface area contributed by atoms with Gasteiger partial charge in [0.2, 0.25) is 17.7 Å². The minimum atomic E-state index is -4.42. The molecule has 1 N–H and O–H groups in total. The van der Waals surface area contributed by atoms with Crippen molar-refractivity contribution in [3.05, 3.63) is 47.2 Å². The largest absolute Gasteiger partial charge is 0.468 e. The van der Waals surface area contributed by atoms with Gasteiger partial charge in [0.1, 0.15) is 6.54 Å². The van der Waals surface area contributed by atoms with Crippen molar-refractivity contribution in [3.63, 3.8) is 0 Å². The fourth-order valence-electron chi connectivity index (χ4n) is 2.04. The Balaban J connectivity index is 1.88. The van der Waals surface area contributed by atoms with Crippen LogP contribution in [0.1, 0.15) is 29.3 Å². The van der Waals surface area contributed by atoms with E-state index in [0.717, 1.165) is 12.1 Å². The van der Waals surface area contributed by atoms with Gasteiger partial charge in [-0.2, -0.15) is 13.2 Å². The van der Waals surface area contributed by atoms with Crippen molar-refractivity contribution in [1.29, 1.82) is 0 Å². The zero-order chi connectivity index (χ0) is 19.2. The topological polar surface area (TPSA) is 94.3 Å². The van der Waals surface area contributed by atoms with Gasteiger partial charge in [0.05, 0.1) is 19.1 Å². The highest BCUT2D eigenvalue weighted by molar-refractivity contribution is 5.81. The van der Waals surface area contributed by atoms with Gasteiger partial charge in [-0.1, -0.05) is 18.2 Å². The van der Waals surface area contributed by atoms with E-state index >= 15 is 0 Å². The average Bonchev–Trinajstić information content (AvgIpc) is 3.04. The number of aryl methyl sites for hydroxylation is 1. The Hall–Kier alpha value is -2.91. The first-order valence-electron chi connectivity index (χ1n) is 7.59. The highest BCUT2D eigenvalue weighted by Gasteiger charge is 2.30. The highest BCUT2D eigenvalue weighted by Crippen LogP contribution is 2.29. The third kappa shape index (κ3) is 5.87. The predicted molar refractivity (Wildman–Crippen MR) is 81.9 cm³/mol. The lowest BCUT2D eigenvalue weighted by molar-refractivity contribution is -0.141. The summed E-state index contributed by atoms with van der Waals surface area (Å²) in [6.07, 6.45) is -4.22. The van der Waals surface area contributed by atoms with Gasteiger partial charge in [-0.05, 0) is 11.6 Å². The van der Waals surface area contributed by atoms with Crippen molar-refractivity contribution in [1.82, 2.24) is 15.5 Å². The fraction of sp³-hybridized carbons (Fsp3) is 0.375. The van der Waals surface area contributed by atoms with Crippen LogP contribution in [-0.4, -0.2) is 35.7 Å². The summed E-state index contributed by atoms with van der Waals surface area (Å²) in [5.41, 5.74) is -0.372. The Morgan fingerprint density at radius 3 is 2.65 bits per heavy atom. The van der Waals surface area contributed by atoms with Crippen molar-refractivity contribution < 1.29 is 31.9 Å². The van der Waals surface area contributed by atoms with Gasteiger partial charge in [0.25, 0.3) is 0 Å². The number of carbonyl (C=O) groups is 2. The quantitative estimate of drug-likeness (QED) is 0.747. The number of nitrogens with zero attached hydrogens (tertiary/aromatic N) is 2.